The van der Waals surface area contributed by atoms with E-state index in [4.69, 9.17) is 0 Å². The van der Waals surface area contributed by atoms with Crippen LogP contribution in [0.15, 0.2) is 53.4 Å². The Kier molecular flexibility index (Phi) is 8.27. The van der Waals surface area contributed by atoms with Crippen LogP contribution in [0.25, 0.3) is 0 Å². The Morgan fingerprint density at radius 2 is 1.97 bits per heavy atom. The topological polar surface area (TPSA) is 81.7 Å². The van der Waals surface area contributed by atoms with E-state index in [0.717, 1.165) is 18.5 Å². The summed E-state index contributed by atoms with van der Waals surface area (Å²) in [7, 11) is 3.24. The highest BCUT2D eigenvalue weighted by Gasteiger charge is 2.28. The standard InChI is InChI=1S/C24H33N3O3/c1-6-17(7-2)16(3)11-8-9-14-25-20-15-21(28)22(20)26-19-13-10-12-18(23(19)29)24(30)27(4)5/h8-13,17,25-26,29H,6-7,14-15H2,1-5H3/b9-8+,16-11-. The summed E-state index contributed by atoms with van der Waals surface area (Å²) in [5.74, 6) is 0.123. The molecule has 1 amide bonds. The molecule has 0 fully saturated rings. The van der Waals surface area contributed by atoms with Gasteiger partial charge in [-0.2, -0.15) is 0 Å². The largest absolute Gasteiger partial charge is 0.505 e. The first-order valence-electron chi connectivity index (χ1n) is 10.4. The molecule has 1 aliphatic rings. The average molecular weight is 412 g/mol. The van der Waals surface area contributed by atoms with E-state index in [1.54, 1.807) is 32.3 Å². The minimum atomic E-state index is -0.301. The van der Waals surface area contributed by atoms with E-state index < -0.39 is 0 Å². The van der Waals surface area contributed by atoms with Gasteiger partial charge in [0, 0.05) is 26.3 Å². The van der Waals surface area contributed by atoms with Crippen LogP contribution in [0.3, 0.4) is 0 Å². The molecule has 0 aromatic heterocycles. The Morgan fingerprint density at radius 3 is 2.57 bits per heavy atom. The van der Waals surface area contributed by atoms with Crippen LogP contribution in [0, 0.1) is 5.92 Å². The van der Waals surface area contributed by atoms with E-state index in [9.17, 15) is 14.7 Å². The molecule has 0 unspecified atom stereocenters. The number of carbonyl (C=O) groups is 2. The van der Waals surface area contributed by atoms with Crippen molar-refractivity contribution in [1.29, 1.82) is 0 Å². The summed E-state index contributed by atoms with van der Waals surface area (Å²) >= 11 is 0. The van der Waals surface area contributed by atoms with Gasteiger partial charge in [-0.15, -0.1) is 0 Å². The molecule has 6 heteroatoms. The quantitative estimate of drug-likeness (QED) is 0.397. The molecule has 162 valence electrons. The normalized spacial score (nSPS) is 14.3. The number of nitrogens with zero attached hydrogens (tertiary/aromatic N) is 1. The number of nitrogens with one attached hydrogen (secondary N) is 2. The van der Waals surface area contributed by atoms with Crippen LogP contribution in [0.4, 0.5) is 5.69 Å². The van der Waals surface area contributed by atoms with Crippen LogP contribution in [0.2, 0.25) is 0 Å². The molecule has 3 N–H and O–H groups in total. The van der Waals surface area contributed by atoms with Crippen LogP contribution < -0.4 is 10.6 Å². The van der Waals surface area contributed by atoms with Crippen LogP contribution in [0.1, 0.15) is 50.4 Å². The maximum absolute atomic E-state index is 12.2. The van der Waals surface area contributed by atoms with E-state index in [1.807, 2.05) is 12.2 Å². The van der Waals surface area contributed by atoms with Crippen molar-refractivity contribution in [2.75, 3.05) is 26.0 Å². The van der Waals surface area contributed by atoms with Crippen molar-refractivity contribution in [3.63, 3.8) is 0 Å². The summed E-state index contributed by atoms with van der Waals surface area (Å²) in [5, 5.41) is 16.7. The molecule has 2 rings (SSSR count). The number of amides is 1. The first kappa shape index (κ1) is 23.3. The summed E-state index contributed by atoms with van der Waals surface area (Å²) in [6, 6.07) is 4.87. The van der Waals surface area contributed by atoms with E-state index in [-0.39, 0.29) is 23.0 Å². The van der Waals surface area contributed by atoms with Crippen molar-refractivity contribution >= 4 is 17.4 Å². The molecule has 0 atom stereocenters. The maximum atomic E-state index is 12.2. The average Bonchev–Trinajstić information content (AvgIpc) is 2.72. The molecular weight excluding hydrogens is 378 g/mol. The number of phenolic OH excluding ortho intramolecular Hbond substituents is 1. The molecule has 1 aliphatic carbocycles. The summed E-state index contributed by atoms with van der Waals surface area (Å²) in [5.41, 5.74) is 3.13. The Bertz CT molecular complexity index is 878. The highest BCUT2D eigenvalue weighted by molar-refractivity contribution is 6.07. The van der Waals surface area contributed by atoms with Crippen molar-refractivity contribution in [3.05, 3.63) is 59.0 Å². The number of allylic oxidation sites excluding steroid dienone is 5. The van der Waals surface area contributed by atoms with Crippen molar-refractivity contribution in [3.8, 4) is 5.75 Å². The molecule has 0 radical (unpaired) electrons. The number of anilines is 1. The molecule has 1 aromatic rings. The molecule has 1 aromatic carbocycles. The number of carbonyl (C=O) groups excluding carboxylic acids is 2. The van der Waals surface area contributed by atoms with Gasteiger partial charge in [-0.1, -0.05) is 43.7 Å². The number of aromatic hydroxyl groups is 1. The number of Topliss-reactive ketones (excluding diaryl/α,β-unsaturated/α-hetero) is 1. The van der Waals surface area contributed by atoms with Gasteiger partial charge >= 0.3 is 0 Å². The minimum absolute atomic E-state index is 0.0327. The van der Waals surface area contributed by atoms with Gasteiger partial charge in [0.25, 0.3) is 5.91 Å². The SMILES string of the molecule is CCC(CC)/C(C)=C\C=C\CNC1=C(Nc2cccc(C(=O)N(C)C)c2O)C(=O)C1. The van der Waals surface area contributed by atoms with Crippen LogP contribution in [-0.2, 0) is 4.79 Å². The highest BCUT2D eigenvalue weighted by atomic mass is 16.3. The Morgan fingerprint density at radius 1 is 1.27 bits per heavy atom. The van der Waals surface area contributed by atoms with E-state index in [0.29, 0.717) is 30.3 Å². The van der Waals surface area contributed by atoms with Gasteiger partial charge in [-0.05, 0) is 37.8 Å². The number of benzene rings is 1. The number of ketones is 1. The predicted octanol–water partition coefficient (Wildman–Crippen LogP) is 4.22. The monoisotopic (exact) mass is 411 g/mol. The Labute approximate surface area is 179 Å². The zero-order chi connectivity index (χ0) is 22.3. The first-order valence-corrected chi connectivity index (χ1v) is 10.4. The zero-order valence-corrected chi connectivity index (χ0v) is 18.6. The third-order valence-electron chi connectivity index (χ3n) is 5.41. The number of hydrogen-bond donors (Lipinski definition) is 3. The second-order valence-corrected chi connectivity index (χ2v) is 7.71. The van der Waals surface area contributed by atoms with Gasteiger partial charge in [-0.25, -0.2) is 0 Å². The van der Waals surface area contributed by atoms with Crippen LogP contribution in [-0.4, -0.2) is 42.3 Å². The molecule has 0 spiro atoms. The molecule has 0 saturated heterocycles. The van der Waals surface area contributed by atoms with Crippen molar-refractivity contribution < 1.29 is 14.7 Å². The lowest BCUT2D eigenvalue weighted by Crippen LogP contribution is -2.32. The number of para-hydroxylation sites is 1. The lowest BCUT2D eigenvalue weighted by Gasteiger charge is -2.25. The van der Waals surface area contributed by atoms with Gasteiger partial charge in [0.1, 0.15) is 5.70 Å². The third kappa shape index (κ3) is 5.53. The van der Waals surface area contributed by atoms with E-state index in [1.165, 1.54) is 10.5 Å². The number of rotatable bonds is 10. The fraction of sp³-hybridized carbons (Fsp3) is 0.417. The second kappa shape index (κ2) is 10.7. The zero-order valence-electron chi connectivity index (χ0n) is 18.6. The highest BCUT2D eigenvalue weighted by Crippen LogP contribution is 2.32. The predicted molar refractivity (Wildman–Crippen MR) is 121 cm³/mol. The summed E-state index contributed by atoms with van der Waals surface area (Å²) in [6.07, 6.45) is 8.82. The molecule has 0 saturated carbocycles. The van der Waals surface area contributed by atoms with Crippen LogP contribution in [0.5, 0.6) is 5.75 Å². The number of hydrogen-bond acceptors (Lipinski definition) is 5. The molecule has 30 heavy (non-hydrogen) atoms. The minimum Gasteiger partial charge on any atom is -0.505 e. The maximum Gasteiger partial charge on any atom is 0.257 e. The van der Waals surface area contributed by atoms with E-state index >= 15 is 0 Å². The summed E-state index contributed by atoms with van der Waals surface area (Å²) < 4.78 is 0. The molecule has 6 nitrogen and oxygen atoms in total. The third-order valence-corrected chi connectivity index (χ3v) is 5.41. The molecule has 0 bridgehead atoms. The number of phenols is 1. The van der Waals surface area contributed by atoms with Gasteiger partial charge in [0.2, 0.25) is 0 Å². The summed E-state index contributed by atoms with van der Waals surface area (Å²) in [4.78, 5) is 25.6. The summed E-state index contributed by atoms with van der Waals surface area (Å²) in [6.45, 7) is 7.17. The smallest absolute Gasteiger partial charge is 0.257 e. The Balaban J connectivity index is 2.04. The Hall–Kier alpha value is -3.02. The fourth-order valence-electron chi connectivity index (χ4n) is 3.43. The molecule has 0 aliphatic heterocycles. The molecule has 0 heterocycles. The fourth-order valence-corrected chi connectivity index (χ4v) is 3.43. The van der Waals surface area contributed by atoms with E-state index in [2.05, 4.69) is 37.5 Å². The van der Waals surface area contributed by atoms with Gasteiger partial charge < -0.3 is 20.6 Å². The lowest BCUT2D eigenvalue weighted by molar-refractivity contribution is -0.116. The molecular formula is C24H33N3O3. The van der Waals surface area contributed by atoms with Crippen molar-refractivity contribution in [2.24, 2.45) is 5.92 Å². The van der Waals surface area contributed by atoms with Gasteiger partial charge in [0.05, 0.1) is 17.7 Å². The van der Waals surface area contributed by atoms with Crippen LogP contribution >= 0.6 is 0 Å². The van der Waals surface area contributed by atoms with Crippen molar-refractivity contribution in [2.45, 2.75) is 40.0 Å². The van der Waals surface area contributed by atoms with Gasteiger partial charge in [-0.3, -0.25) is 9.59 Å². The lowest BCUT2D eigenvalue weighted by atomic mass is 9.95. The first-order chi connectivity index (χ1) is 14.3. The second-order valence-electron chi connectivity index (χ2n) is 7.71. The van der Waals surface area contributed by atoms with Gasteiger partial charge in [0.15, 0.2) is 11.5 Å². The van der Waals surface area contributed by atoms with Crippen molar-refractivity contribution in [1.82, 2.24) is 10.2 Å².